The lowest BCUT2D eigenvalue weighted by Gasteiger charge is -2.30. The SMILES string of the molecule is CC1CC(=O)NC(n2nc(C3CC3)cc2NC(=O)c2cc(-c3ccco3)on2)N1. The van der Waals surface area contributed by atoms with Crippen LogP contribution in [0.15, 0.2) is 39.5 Å². The van der Waals surface area contributed by atoms with Crippen molar-refractivity contribution >= 4 is 17.6 Å². The van der Waals surface area contributed by atoms with Gasteiger partial charge < -0.3 is 19.6 Å². The van der Waals surface area contributed by atoms with Gasteiger partial charge in [0, 0.05) is 30.5 Å². The molecule has 1 saturated carbocycles. The van der Waals surface area contributed by atoms with E-state index in [1.807, 2.05) is 13.0 Å². The summed E-state index contributed by atoms with van der Waals surface area (Å²) in [4.78, 5) is 24.7. The number of hydrogen-bond donors (Lipinski definition) is 3. The van der Waals surface area contributed by atoms with Crippen LogP contribution in [0.25, 0.3) is 11.5 Å². The first-order valence-corrected chi connectivity index (χ1v) is 9.53. The smallest absolute Gasteiger partial charge is 0.279 e. The number of nitrogens with one attached hydrogen (secondary N) is 3. The van der Waals surface area contributed by atoms with Crippen LogP contribution in [0.4, 0.5) is 5.82 Å². The van der Waals surface area contributed by atoms with Crippen molar-refractivity contribution in [3.05, 3.63) is 41.9 Å². The molecule has 0 spiro atoms. The topological polar surface area (TPSA) is 127 Å². The van der Waals surface area contributed by atoms with Gasteiger partial charge in [-0.3, -0.25) is 14.9 Å². The molecule has 150 valence electrons. The molecule has 2 atom stereocenters. The monoisotopic (exact) mass is 396 g/mol. The van der Waals surface area contributed by atoms with Gasteiger partial charge >= 0.3 is 0 Å². The minimum Gasteiger partial charge on any atom is -0.461 e. The Morgan fingerprint density at radius 3 is 2.90 bits per heavy atom. The quantitative estimate of drug-likeness (QED) is 0.603. The number of rotatable bonds is 5. The second-order valence-electron chi connectivity index (χ2n) is 7.42. The zero-order chi connectivity index (χ0) is 20.0. The molecule has 1 aliphatic heterocycles. The molecule has 2 aliphatic rings. The molecule has 2 fully saturated rings. The van der Waals surface area contributed by atoms with Gasteiger partial charge in [-0.25, -0.2) is 4.68 Å². The molecule has 29 heavy (non-hydrogen) atoms. The maximum absolute atomic E-state index is 12.7. The van der Waals surface area contributed by atoms with Gasteiger partial charge in [0.25, 0.3) is 5.91 Å². The maximum Gasteiger partial charge on any atom is 0.279 e. The van der Waals surface area contributed by atoms with Crippen LogP contribution in [0.3, 0.4) is 0 Å². The molecule has 4 heterocycles. The van der Waals surface area contributed by atoms with Crippen molar-refractivity contribution in [1.82, 2.24) is 25.6 Å². The zero-order valence-electron chi connectivity index (χ0n) is 15.7. The van der Waals surface area contributed by atoms with Gasteiger partial charge in [0.1, 0.15) is 5.82 Å². The third-order valence-corrected chi connectivity index (χ3v) is 4.97. The standard InChI is InChI=1S/C19H20N6O4/c1-10-7-17(26)22-19(20-10)25-16(9-12(23-25)11-4-5-11)21-18(27)13-8-15(29-24-13)14-3-2-6-28-14/h2-3,6,8-11,19-20H,4-5,7H2,1H3,(H,21,27)(H,22,26). The predicted molar refractivity (Wildman–Crippen MR) is 101 cm³/mol. The van der Waals surface area contributed by atoms with Crippen molar-refractivity contribution in [3.8, 4) is 11.5 Å². The lowest BCUT2D eigenvalue weighted by atomic mass is 10.2. The molecule has 3 aromatic heterocycles. The summed E-state index contributed by atoms with van der Waals surface area (Å²) in [6.07, 6.45) is 3.51. The van der Waals surface area contributed by atoms with Crippen LogP contribution in [0, 0.1) is 0 Å². The molecule has 3 aromatic rings. The summed E-state index contributed by atoms with van der Waals surface area (Å²) in [5, 5.41) is 17.4. The van der Waals surface area contributed by atoms with Crippen molar-refractivity contribution < 1.29 is 18.5 Å². The average Bonchev–Trinajstić information content (AvgIpc) is 3.11. The number of carbonyl (C=O) groups is 2. The van der Waals surface area contributed by atoms with Crippen molar-refractivity contribution in [3.63, 3.8) is 0 Å². The van der Waals surface area contributed by atoms with E-state index < -0.39 is 12.2 Å². The second kappa shape index (κ2) is 6.89. The Bertz CT molecular complexity index is 1050. The van der Waals surface area contributed by atoms with Crippen LogP contribution in [0.2, 0.25) is 0 Å². The zero-order valence-corrected chi connectivity index (χ0v) is 15.7. The Morgan fingerprint density at radius 1 is 1.31 bits per heavy atom. The third kappa shape index (κ3) is 3.54. The Kier molecular flexibility index (Phi) is 4.20. The molecule has 0 bridgehead atoms. The van der Waals surface area contributed by atoms with Crippen LogP contribution in [0.1, 0.15) is 54.6 Å². The summed E-state index contributed by atoms with van der Waals surface area (Å²) in [6, 6.07) is 6.80. The van der Waals surface area contributed by atoms with Crippen LogP contribution >= 0.6 is 0 Å². The van der Waals surface area contributed by atoms with Crippen LogP contribution in [-0.4, -0.2) is 32.8 Å². The highest BCUT2D eigenvalue weighted by Gasteiger charge is 2.32. The average molecular weight is 396 g/mol. The number of amides is 2. The van der Waals surface area contributed by atoms with Gasteiger partial charge in [0.15, 0.2) is 17.7 Å². The van der Waals surface area contributed by atoms with Crippen LogP contribution < -0.4 is 16.0 Å². The van der Waals surface area contributed by atoms with Crippen LogP contribution in [0.5, 0.6) is 0 Å². The molecule has 0 radical (unpaired) electrons. The fourth-order valence-electron chi connectivity index (χ4n) is 3.37. The highest BCUT2D eigenvalue weighted by molar-refractivity contribution is 6.02. The van der Waals surface area contributed by atoms with E-state index in [4.69, 9.17) is 8.94 Å². The fourth-order valence-corrected chi connectivity index (χ4v) is 3.37. The molecule has 1 aliphatic carbocycles. The van der Waals surface area contributed by atoms with Gasteiger partial charge in [-0.2, -0.15) is 5.10 Å². The van der Waals surface area contributed by atoms with E-state index in [2.05, 4.69) is 26.2 Å². The molecular weight excluding hydrogens is 376 g/mol. The van der Waals surface area contributed by atoms with Gasteiger partial charge in [-0.1, -0.05) is 5.16 Å². The molecule has 5 rings (SSSR count). The number of hydrogen-bond acceptors (Lipinski definition) is 7. The van der Waals surface area contributed by atoms with Gasteiger partial charge in [-0.05, 0) is 31.9 Å². The summed E-state index contributed by atoms with van der Waals surface area (Å²) in [6.45, 7) is 1.93. The maximum atomic E-state index is 12.7. The summed E-state index contributed by atoms with van der Waals surface area (Å²) < 4.78 is 12.1. The third-order valence-electron chi connectivity index (χ3n) is 4.97. The number of aromatic nitrogens is 3. The largest absolute Gasteiger partial charge is 0.461 e. The number of carbonyl (C=O) groups excluding carboxylic acids is 2. The molecule has 2 unspecified atom stereocenters. The number of furan rings is 1. The van der Waals surface area contributed by atoms with Crippen molar-refractivity contribution in [1.29, 1.82) is 0 Å². The summed E-state index contributed by atoms with van der Waals surface area (Å²) in [5.74, 6) is 1.21. The first-order chi connectivity index (χ1) is 14.1. The van der Waals surface area contributed by atoms with Gasteiger partial charge in [0.2, 0.25) is 11.7 Å². The molecular formula is C19H20N6O4. The summed E-state index contributed by atoms with van der Waals surface area (Å²) >= 11 is 0. The Morgan fingerprint density at radius 2 is 2.17 bits per heavy atom. The highest BCUT2D eigenvalue weighted by Crippen LogP contribution is 2.40. The van der Waals surface area contributed by atoms with E-state index in [-0.39, 0.29) is 17.6 Å². The molecule has 10 heteroatoms. The molecule has 1 saturated heterocycles. The summed E-state index contributed by atoms with van der Waals surface area (Å²) in [7, 11) is 0. The van der Waals surface area contributed by atoms with E-state index in [0.717, 1.165) is 18.5 Å². The van der Waals surface area contributed by atoms with Crippen molar-refractivity contribution in [2.24, 2.45) is 0 Å². The number of anilines is 1. The highest BCUT2D eigenvalue weighted by atomic mass is 16.5. The van der Waals surface area contributed by atoms with E-state index in [1.165, 1.54) is 12.3 Å². The second-order valence-corrected chi connectivity index (χ2v) is 7.42. The molecule has 10 nitrogen and oxygen atoms in total. The first-order valence-electron chi connectivity index (χ1n) is 9.53. The van der Waals surface area contributed by atoms with Gasteiger partial charge in [-0.15, -0.1) is 0 Å². The van der Waals surface area contributed by atoms with E-state index in [1.54, 1.807) is 16.8 Å². The Hall–Kier alpha value is -3.40. The van der Waals surface area contributed by atoms with E-state index >= 15 is 0 Å². The molecule has 0 aromatic carbocycles. The van der Waals surface area contributed by atoms with Crippen molar-refractivity contribution in [2.45, 2.75) is 44.4 Å². The summed E-state index contributed by atoms with van der Waals surface area (Å²) in [5.41, 5.74) is 1.01. The van der Waals surface area contributed by atoms with Gasteiger partial charge in [0.05, 0.1) is 12.0 Å². The lowest BCUT2D eigenvalue weighted by molar-refractivity contribution is -0.125. The van der Waals surface area contributed by atoms with E-state index in [0.29, 0.717) is 29.7 Å². The molecule has 3 N–H and O–H groups in total. The Balaban J connectivity index is 1.40. The molecule has 2 amide bonds. The normalized spacial score (nSPS) is 21.8. The lowest BCUT2D eigenvalue weighted by Crippen LogP contribution is -2.52. The fraction of sp³-hybridized carbons (Fsp3) is 0.368. The number of nitrogens with zero attached hydrogens (tertiary/aromatic N) is 3. The minimum absolute atomic E-state index is 0.00253. The Labute approximate surface area is 165 Å². The predicted octanol–water partition coefficient (Wildman–Crippen LogP) is 2.21. The first kappa shape index (κ1) is 17.7. The minimum atomic E-state index is -0.537. The van der Waals surface area contributed by atoms with Crippen LogP contribution in [-0.2, 0) is 4.79 Å². The van der Waals surface area contributed by atoms with Crippen molar-refractivity contribution in [2.75, 3.05) is 5.32 Å². The van der Waals surface area contributed by atoms with E-state index in [9.17, 15) is 9.59 Å².